The average Bonchev–Trinajstić information content (AvgIpc) is 2.96. The first kappa shape index (κ1) is 17.7. The van der Waals surface area contributed by atoms with Crippen molar-refractivity contribution >= 4 is 45.0 Å². The van der Waals surface area contributed by atoms with Crippen LogP contribution in [0.5, 0.6) is 5.75 Å². The summed E-state index contributed by atoms with van der Waals surface area (Å²) in [6.07, 6.45) is 1.63. The number of hydrogen-bond acceptors (Lipinski definition) is 5. The maximum atomic E-state index is 12.1. The molecular formula is C18H16BrN3O2S. The molecule has 0 bridgehead atoms. The number of carbonyl (C=O) groups excluding carboxylic acids is 1. The standard InChI is InChI=1S/C18H16BrN3O2S/c1-24-16-8-7-15(19)9-14(16)10-20-21-18-22(17(23)12-25-18)11-13-5-3-2-4-6-13/h2-10H,11-12H2,1H3/b20-10+,21-18+. The van der Waals surface area contributed by atoms with E-state index in [0.29, 0.717) is 23.2 Å². The zero-order valence-electron chi connectivity index (χ0n) is 13.6. The zero-order chi connectivity index (χ0) is 17.6. The maximum absolute atomic E-state index is 12.1. The zero-order valence-corrected chi connectivity index (χ0v) is 16.0. The molecule has 0 aromatic heterocycles. The van der Waals surface area contributed by atoms with Crippen LogP contribution in [0.4, 0.5) is 0 Å². The van der Waals surface area contributed by atoms with E-state index in [1.165, 1.54) is 11.8 Å². The topological polar surface area (TPSA) is 54.3 Å². The minimum atomic E-state index is 0.0443. The van der Waals surface area contributed by atoms with Crippen molar-refractivity contribution < 1.29 is 9.53 Å². The molecule has 1 heterocycles. The number of hydrogen-bond donors (Lipinski definition) is 0. The van der Waals surface area contributed by atoms with Gasteiger partial charge in [-0.25, -0.2) is 0 Å². The molecule has 25 heavy (non-hydrogen) atoms. The summed E-state index contributed by atoms with van der Waals surface area (Å²) < 4.78 is 6.24. The van der Waals surface area contributed by atoms with Gasteiger partial charge in [0.15, 0.2) is 5.17 Å². The minimum Gasteiger partial charge on any atom is -0.496 e. The number of carbonyl (C=O) groups is 1. The van der Waals surface area contributed by atoms with E-state index in [9.17, 15) is 4.79 Å². The highest BCUT2D eigenvalue weighted by Gasteiger charge is 2.28. The van der Waals surface area contributed by atoms with Crippen molar-refractivity contribution in [2.45, 2.75) is 6.54 Å². The first-order valence-electron chi connectivity index (χ1n) is 7.59. The predicted octanol–water partition coefficient (Wildman–Crippen LogP) is 3.92. The van der Waals surface area contributed by atoms with Gasteiger partial charge in [-0.3, -0.25) is 9.69 Å². The Kier molecular flexibility index (Phi) is 5.88. The molecule has 1 fully saturated rings. The fourth-order valence-corrected chi connectivity index (χ4v) is 3.55. The summed E-state index contributed by atoms with van der Waals surface area (Å²) in [6.45, 7) is 0.501. The summed E-state index contributed by atoms with van der Waals surface area (Å²) in [4.78, 5) is 13.8. The molecule has 128 valence electrons. The second-order valence-electron chi connectivity index (χ2n) is 5.27. The van der Waals surface area contributed by atoms with E-state index in [0.717, 1.165) is 15.6 Å². The van der Waals surface area contributed by atoms with Gasteiger partial charge in [-0.1, -0.05) is 58.0 Å². The van der Waals surface area contributed by atoms with Crippen LogP contribution >= 0.6 is 27.7 Å². The lowest BCUT2D eigenvalue weighted by molar-refractivity contribution is -0.124. The molecule has 0 spiro atoms. The maximum Gasteiger partial charge on any atom is 0.239 e. The highest BCUT2D eigenvalue weighted by Crippen LogP contribution is 2.23. The monoisotopic (exact) mass is 417 g/mol. The van der Waals surface area contributed by atoms with Gasteiger partial charge in [0, 0.05) is 10.0 Å². The summed E-state index contributed by atoms with van der Waals surface area (Å²) in [7, 11) is 1.61. The molecule has 0 saturated carbocycles. The molecule has 3 rings (SSSR count). The van der Waals surface area contributed by atoms with Crippen LogP contribution in [0.1, 0.15) is 11.1 Å². The van der Waals surface area contributed by atoms with Gasteiger partial charge in [0.05, 0.1) is 25.6 Å². The molecule has 0 unspecified atom stereocenters. The fraction of sp³-hybridized carbons (Fsp3) is 0.167. The lowest BCUT2D eigenvalue weighted by Crippen LogP contribution is -2.28. The van der Waals surface area contributed by atoms with E-state index < -0.39 is 0 Å². The summed E-state index contributed by atoms with van der Waals surface area (Å²) in [5, 5.41) is 8.99. The van der Waals surface area contributed by atoms with Gasteiger partial charge in [-0.05, 0) is 23.8 Å². The van der Waals surface area contributed by atoms with Crippen LogP contribution in [0.25, 0.3) is 0 Å². The van der Waals surface area contributed by atoms with Crippen LogP contribution in [0.3, 0.4) is 0 Å². The summed E-state index contributed by atoms with van der Waals surface area (Å²) in [6, 6.07) is 15.5. The van der Waals surface area contributed by atoms with Gasteiger partial charge < -0.3 is 4.74 Å². The molecule has 1 aliphatic heterocycles. The molecule has 1 aliphatic rings. The SMILES string of the molecule is COc1ccc(Br)cc1/C=N/N=C1/SCC(=O)N1Cc1ccccc1. The number of amidine groups is 1. The number of rotatable bonds is 5. The fourth-order valence-electron chi connectivity index (χ4n) is 2.34. The first-order valence-corrected chi connectivity index (χ1v) is 9.37. The number of amides is 1. The van der Waals surface area contributed by atoms with Crippen molar-refractivity contribution in [3.63, 3.8) is 0 Å². The molecule has 0 aliphatic carbocycles. The van der Waals surface area contributed by atoms with E-state index in [2.05, 4.69) is 26.1 Å². The second-order valence-corrected chi connectivity index (χ2v) is 7.13. The highest BCUT2D eigenvalue weighted by molar-refractivity contribution is 9.10. The van der Waals surface area contributed by atoms with Crippen molar-refractivity contribution in [1.29, 1.82) is 0 Å². The van der Waals surface area contributed by atoms with Crippen LogP contribution in [-0.4, -0.2) is 35.1 Å². The molecular weight excluding hydrogens is 402 g/mol. The lowest BCUT2D eigenvalue weighted by atomic mass is 10.2. The molecule has 0 N–H and O–H groups in total. The van der Waals surface area contributed by atoms with Gasteiger partial charge in [0.1, 0.15) is 5.75 Å². The van der Waals surface area contributed by atoms with Crippen LogP contribution in [0.2, 0.25) is 0 Å². The quantitative estimate of drug-likeness (QED) is 0.546. The Morgan fingerprint density at radius 3 is 2.84 bits per heavy atom. The highest BCUT2D eigenvalue weighted by atomic mass is 79.9. The molecule has 5 nitrogen and oxygen atoms in total. The van der Waals surface area contributed by atoms with E-state index in [1.54, 1.807) is 18.2 Å². The Labute approximate surface area is 158 Å². The number of benzene rings is 2. The van der Waals surface area contributed by atoms with E-state index in [-0.39, 0.29) is 5.91 Å². The molecule has 0 atom stereocenters. The van der Waals surface area contributed by atoms with Crippen LogP contribution < -0.4 is 4.74 Å². The Hall–Kier alpha value is -2.12. The summed E-state index contributed by atoms with van der Waals surface area (Å²) in [5.74, 6) is 1.15. The van der Waals surface area contributed by atoms with Crippen LogP contribution in [0.15, 0.2) is 63.2 Å². The Morgan fingerprint density at radius 1 is 1.28 bits per heavy atom. The van der Waals surface area contributed by atoms with Gasteiger partial charge in [0.25, 0.3) is 0 Å². The minimum absolute atomic E-state index is 0.0443. The smallest absolute Gasteiger partial charge is 0.239 e. The van der Waals surface area contributed by atoms with Gasteiger partial charge in [-0.15, -0.1) is 5.10 Å². The summed E-state index contributed by atoms with van der Waals surface area (Å²) >= 11 is 4.83. The molecule has 0 radical (unpaired) electrons. The first-order chi connectivity index (χ1) is 12.2. The molecule has 1 saturated heterocycles. The van der Waals surface area contributed by atoms with E-state index in [1.807, 2.05) is 48.5 Å². The van der Waals surface area contributed by atoms with Crippen molar-refractivity contribution in [2.75, 3.05) is 12.9 Å². The Morgan fingerprint density at radius 2 is 2.08 bits per heavy atom. The number of ether oxygens (including phenoxy) is 1. The number of nitrogens with zero attached hydrogens (tertiary/aromatic N) is 3. The number of methoxy groups -OCH3 is 1. The van der Waals surface area contributed by atoms with Crippen molar-refractivity contribution in [1.82, 2.24) is 4.90 Å². The third-order valence-corrected chi connectivity index (χ3v) is 5.02. The van der Waals surface area contributed by atoms with E-state index in [4.69, 9.17) is 4.74 Å². The largest absolute Gasteiger partial charge is 0.496 e. The van der Waals surface area contributed by atoms with Gasteiger partial charge in [0.2, 0.25) is 5.91 Å². The van der Waals surface area contributed by atoms with Crippen molar-refractivity contribution in [3.05, 3.63) is 64.1 Å². The lowest BCUT2D eigenvalue weighted by Gasteiger charge is -2.14. The summed E-state index contributed by atoms with van der Waals surface area (Å²) in [5.41, 5.74) is 1.87. The Balaban J connectivity index is 1.78. The normalized spacial score (nSPS) is 16.2. The van der Waals surface area contributed by atoms with E-state index >= 15 is 0 Å². The predicted molar refractivity (Wildman–Crippen MR) is 105 cm³/mol. The third-order valence-electron chi connectivity index (χ3n) is 3.57. The third kappa shape index (κ3) is 4.49. The van der Waals surface area contributed by atoms with Crippen molar-refractivity contribution in [3.8, 4) is 5.75 Å². The van der Waals surface area contributed by atoms with Crippen molar-refractivity contribution in [2.24, 2.45) is 10.2 Å². The number of halogens is 1. The molecule has 2 aromatic rings. The van der Waals surface area contributed by atoms with Crippen LogP contribution in [-0.2, 0) is 11.3 Å². The second kappa shape index (κ2) is 8.31. The Bertz CT molecular complexity index is 824. The van der Waals surface area contributed by atoms with Gasteiger partial charge in [-0.2, -0.15) is 5.10 Å². The molecule has 1 amide bonds. The molecule has 7 heteroatoms. The van der Waals surface area contributed by atoms with Gasteiger partial charge >= 0.3 is 0 Å². The molecule has 2 aromatic carbocycles. The number of thioether (sulfide) groups is 1. The average molecular weight is 418 g/mol. The van der Waals surface area contributed by atoms with Crippen LogP contribution in [0, 0.1) is 0 Å².